The first kappa shape index (κ1) is 22.8. The minimum absolute atomic E-state index is 0.218. The quantitative estimate of drug-likeness (QED) is 0.391. The number of carbonyl (C=O) groups is 2. The van der Waals surface area contributed by atoms with Gasteiger partial charge in [-0.3, -0.25) is 9.59 Å². The monoisotopic (exact) mass is 451 g/mol. The minimum Gasteiger partial charge on any atom is -0.497 e. The van der Waals surface area contributed by atoms with Gasteiger partial charge >= 0.3 is 0 Å². The number of nitrogens with zero attached hydrogens (tertiary/aromatic N) is 1. The Labute approximate surface area is 191 Å². The fraction of sp³-hybridized carbons (Fsp3) is 0.125. The molecular weight excluding hydrogens is 430 g/mol. The average Bonchev–Trinajstić information content (AvgIpc) is 2.79. The van der Waals surface area contributed by atoms with Gasteiger partial charge in [-0.2, -0.15) is 5.10 Å². The maximum atomic E-state index is 12.2. The van der Waals surface area contributed by atoms with Gasteiger partial charge in [-0.05, 0) is 61.5 Å². The van der Waals surface area contributed by atoms with Crippen molar-refractivity contribution in [2.45, 2.75) is 6.92 Å². The molecule has 0 spiro atoms. The second-order valence-electron chi connectivity index (χ2n) is 6.81. The van der Waals surface area contributed by atoms with E-state index >= 15 is 0 Å². The van der Waals surface area contributed by atoms with Crippen LogP contribution in [0.3, 0.4) is 0 Å². The summed E-state index contributed by atoms with van der Waals surface area (Å²) in [6.07, 6.45) is 1.41. The molecule has 0 radical (unpaired) electrons. The number of benzene rings is 3. The van der Waals surface area contributed by atoms with Gasteiger partial charge in [0.05, 0.1) is 13.3 Å². The highest BCUT2D eigenvalue weighted by Gasteiger charge is 2.08. The van der Waals surface area contributed by atoms with Crippen LogP contribution in [0.2, 0.25) is 5.02 Å². The maximum Gasteiger partial charge on any atom is 0.271 e. The van der Waals surface area contributed by atoms with Gasteiger partial charge < -0.3 is 14.8 Å². The molecule has 2 amide bonds. The molecule has 0 heterocycles. The smallest absolute Gasteiger partial charge is 0.271 e. The van der Waals surface area contributed by atoms with Crippen molar-refractivity contribution in [1.29, 1.82) is 0 Å². The van der Waals surface area contributed by atoms with E-state index in [0.717, 1.165) is 5.56 Å². The van der Waals surface area contributed by atoms with Gasteiger partial charge in [0.15, 0.2) is 6.61 Å². The Morgan fingerprint density at radius 1 is 1.03 bits per heavy atom. The van der Waals surface area contributed by atoms with E-state index < -0.39 is 0 Å². The molecule has 8 heteroatoms. The van der Waals surface area contributed by atoms with Gasteiger partial charge in [0.25, 0.3) is 11.8 Å². The second-order valence-corrected chi connectivity index (χ2v) is 7.25. The Bertz CT molecular complexity index is 1110. The summed E-state index contributed by atoms with van der Waals surface area (Å²) in [7, 11) is 1.57. The van der Waals surface area contributed by atoms with Crippen molar-refractivity contribution >= 4 is 35.3 Å². The van der Waals surface area contributed by atoms with Gasteiger partial charge in [-0.25, -0.2) is 5.43 Å². The van der Waals surface area contributed by atoms with Gasteiger partial charge in [0.2, 0.25) is 0 Å². The normalized spacial score (nSPS) is 10.6. The van der Waals surface area contributed by atoms with Crippen molar-refractivity contribution in [3.63, 3.8) is 0 Å². The zero-order valence-corrected chi connectivity index (χ0v) is 18.3. The number of nitrogens with one attached hydrogen (secondary N) is 2. The molecule has 32 heavy (non-hydrogen) atoms. The van der Waals surface area contributed by atoms with E-state index in [1.54, 1.807) is 61.7 Å². The van der Waals surface area contributed by atoms with Crippen molar-refractivity contribution < 1.29 is 19.1 Å². The molecule has 3 aromatic carbocycles. The highest BCUT2D eigenvalue weighted by Crippen LogP contribution is 2.22. The number of methoxy groups -OCH3 is 1. The van der Waals surface area contributed by atoms with Gasteiger partial charge in [-0.1, -0.05) is 29.3 Å². The van der Waals surface area contributed by atoms with Crippen LogP contribution >= 0.6 is 11.6 Å². The fourth-order valence-corrected chi connectivity index (χ4v) is 2.88. The second kappa shape index (κ2) is 11.0. The number of aryl methyl sites for hydroxylation is 1. The molecule has 0 saturated heterocycles. The third kappa shape index (κ3) is 6.58. The minimum atomic E-state index is -0.343. The van der Waals surface area contributed by atoms with E-state index in [9.17, 15) is 9.59 Å². The number of carbonyl (C=O) groups excluding carboxylic acids is 2. The van der Waals surface area contributed by atoms with E-state index in [0.29, 0.717) is 33.3 Å². The van der Waals surface area contributed by atoms with E-state index in [1.807, 2.05) is 19.1 Å². The summed E-state index contributed by atoms with van der Waals surface area (Å²) in [6, 6.07) is 19.0. The molecule has 2 N–H and O–H groups in total. The molecule has 0 unspecified atom stereocenters. The Kier molecular flexibility index (Phi) is 7.83. The Hall–Kier alpha value is -3.84. The van der Waals surface area contributed by atoms with Crippen molar-refractivity contribution in [3.8, 4) is 11.5 Å². The summed E-state index contributed by atoms with van der Waals surface area (Å²) < 4.78 is 10.7. The van der Waals surface area contributed by atoms with Crippen LogP contribution in [-0.2, 0) is 4.79 Å². The molecule has 0 bridgehead atoms. The van der Waals surface area contributed by atoms with Crippen LogP contribution in [0.5, 0.6) is 11.5 Å². The van der Waals surface area contributed by atoms with E-state index in [-0.39, 0.29) is 18.4 Å². The lowest BCUT2D eigenvalue weighted by Crippen LogP contribution is -2.20. The Balaban J connectivity index is 1.60. The number of hydrazone groups is 1. The first-order valence-corrected chi connectivity index (χ1v) is 10.1. The summed E-state index contributed by atoms with van der Waals surface area (Å²) in [5.41, 5.74) is 5.15. The van der Waals surface area contributed by atoms with Crippen LogP contribution in [0, 0.1) is 6.92 Å². The molecule has 3 rings (SSSR count). The highest BCUT2D eigenvalue weighted by atomic mass is 35.5. The highest BCUT2D eigenvalue weighted by molar-refractivity contribution is 6.30. The number of anilines is 1. The van der Waals surface area contributed by atoms with Crippen LogP contribution < -0.4 is 20.2 Å². The Morgan fingerprint density at radius 2 is 1.75 bits per heavy atom. The zero-order chi connectivity index (χ0) is 22.9. The third-order valence-corrected chi connectivity index (χ3v) is 4.62. The SMILES string of the molecule is COc1ccc(NC(=O)COc2ccc(Cl)cc2/C=N/NC(=O)c2ccc(C)cc2)cc1. The number of rotatable bonds is 8. The average molecular weight is 452 g/mol. The van der Waals surface area contributed by atoms with Crippen molar-refractivity contribution in [3.05, 3.63) is 88.4 Å². The van der Waals surface area contributed by atoms with Crippen LogP contribution in [-0.4, -0.2) is 31.7 Å². The molecule has 0 aliphatic rings. The lowest BCUT2D eigenvalue weighted by atomic mass is 10.1. The van der Waals surface area contributed by atoms with Crippen LogP contribution in [0.25, 0.3) is 0 Å². The largest absolute Gasteiger partial charge is 0.497 e. The van der Waals surface area contributed by atoms with Crippen LogP contribution in [0.4, 0.5) is 5.69 Å². The number of hydrogen-bond acceptors (Lipinski definition) is 5. The van der Waals surface area contributed by atoms with E-state index in [1.165, 1.54) is 6.21 Å². The van der Waals surface area contributed by atoms with Crippen LogP contribution in [0.15, 0.2) is 71.8 Å². The number of ether oxygens (including phenoxy) is 2. The van der Waals surface area contributed by atoms with Crippen molar-refractivity contribution in [2.75, 3.05) is 19.0 Å². The molecule has 0 atom stereocenters. The topological polar surface area (TPSA) is 89.0 Å². The summed E-state index contributed by atoms with van der Waals surface area (Å²) in [6.45, 7) is 1.72. The molecule has 7 nitrogen and oxygen atoms in total. The predicted octanol–water partition coefficient (Wildman–Crippen LogP) is 4.44. The lowest BCUT2D eigenvalue weighted by Gasteiger charge is -2.10. The van der Waals surface area contributed by atoms with Gasteiger partial charge in [-0.15, -0.1) is 0 Å². The Morgan fingerprint density at radius 3 is 2.44 bits per heavy atom. The molecule has 0 aliphatic carbocycles. The summed E-state index contributed by atoms with van der Waals surface area (Å²) in [5.74, 6) is 0.414. The molecule has 0 fully saturated rings. The molecular formula is C24H22ClN3O4. The summed E-state index contributed by atoms with van der Waals surface area (Å²) >= 11 is 6.07. The first-order chi connectivity index (χ1) is 15.4. The molecule has 164 valence electrons. The predicted molar refractivity (Wildman–Crippen MR) is 125 cm³/mol. The molecule has 0 saturated carbocycles. The standard InChI is InChI=1S/C24H22ClN3O4/c1-16-3-5-17(6-4-16)24(30)28-26-14-18-13-19(25)7-12-22(18)32-15-23(29)27-20-8-10-21(31-2)11-9-20/h3-14H,15H2,1-2H3,(H,27,29)(H,28,30)/b26-14+. The van der Waals surface area contributed by atoms with Crippen molar-refractivity contribution in [1.82, 2.24) is 5.43 Å². The lowest BCUT2D eigenvalue weighted by molar-refractivity contribution is -0.118. The van der Waals surface area contributed by atoms with Crippen LogP contribution in [0.1, 0.15) is 21.5 Å². The summed E-state index contributed by atoms with van der Waals surface area (Å²) in [5, 5.41) is 7.18. The van der Waals surface area contributed by atoms with Gasteiger partial charge in [0.1, 0.15) is 11.5 Å². The van der Waals surface area contributed by atoms with Gasteiger partial charge in [0, 0.05) is 21.8 Å². The summed E-state index contributed by atoms with van der Waals surface area (Å²) in [4.78, 5) is 24.4. The number of amides is 2. The van der Waals surface area contributed by atoms with Crippen molar-refractivity contribution in [2.24, 2.45) is 5.10 Å². The number of hydrogen-bond donors (Lipinski definition) is 2. The molecule has 0 aliphatic heterocycles. The zero-order valence-electron chi connectivity index (χ0n) is 17.6. The molecule has 0 aromatic heterocycles. The third-order valence-electron chi connectivity index (χ3n) is 4.39. The first-order valence-electron chi connectivity index (χ1n) is 9.71. The maximum absolute atomic E-state index is 12.2. The molecule has 3 aromatic rings. The number of halogens is 1. The van der Waals surface area contributed by atoms with E-state index in [2.05, 4.69) is 15.8 Å². The van der Waals surface area contributed by atoms with E-state index in [4.69, 9.17) is 21.1 Å². The fourth-order valence-electron chi connectivity index (χ4n) is 2.70.